The Balaban J connectivity index is 1.64. The van der Waals surface area contributed by atoms with E-state index in [1.54, 1.807) is 15.9 Å². The van der Waals surface area contributed by atoms with Crippen molar-refractivity contribution in [3.05, 3.63) is 24.0 Å². The molecule has 2 fully saturated rings. The molecule has 1 aromatic rings. The lowest BCUT2D eigenvalue weighted by Gasteiger charge is -2.28. The van der Waals surface area contributed by atoms with Crippen molar-refractivity contribution in [3.8, 4) is 0 Å². The van der Waals surface area contributed by atoms with Crippen LogP contribution in [0.3, 0.4) is 0 Å². The van der Waals surface area contributed by atoms with Crippen LogP contribution in [-0.2, 0) is 9.47 Å². The first-order chi connectivity index (χ1) is 12.1. The van der Waals surface area contributed by atoms with E-state index in [1.807, 2.05) is 0 Å². The van der Waals surface area contributed by atoms with Crippen molar-refractivity contribution in [2.24, 2.45) is 0 Å². The van der Waals surface area contributed by atoms with Crippen molar-refractivity contribution in [1.82, 2.24) is 9.80 Å². The molecule has 3 rings (SSSR count). The monoisotopic (exact) mass is 352 g/mol. The summed E-state index contributed by atoms with van der Waals surface area (Å²) in [5.74, 6) is -0.675. The molecule has 0 aromatic heterocycles. The zero-order valence-corrected chi connectivity index (χ0v) is 13.8. The van der Waals surface area contributed by atoms with Crippen LogP contribution in [0.15, 0.2) is 18.2 Å². The summed E-state index contributed by atoms with van der Waals surface area (Å²) in [5.41, 5.74) is 0.0486. The van der Waals surface area contributed by atoms with Crippen LogP contribution in [0.1, 0.15) is 0 Å². The number of nitrogens with zero attached hydrogens (tertiary/aromatic N) is 2. The average molecular weight is 352 g/mol. The lowest BCUT2D eigenvalue weighted by atomic mass is 10.2. The number of benzene rings is 1. The van der Waals surface area contributed by atoms with E-state index in [0.29, 0.717) is 52.6 Å². The van der Waals surface area contributed by atoms with E-state index >= 15 is 0 Å². The predicted molar refractivity (Wildman–Crippen MR) is 89.2 cm³/mol. The van der Waals surface area contributed by atoms with Gasteiger partial charge in [-0.15, -0.1) is 0 Å². The maximum atomic E-state index is 14.6. The van der Waals surface area contributed by atoms with E-state index in [2.05, 4.69) is 10.6 Å². The van der Waals surface area contributed by atoms with E-state index in [0.717, 1.165) is 0 Å². The fraction of sp³-hybridized carbons (Fsp3) is 0.500. The van der Waals surface area contributed by atoms with Crippen LogP contribution in [-0.4, -0.2) is 74.5 Å². The third kappa shape index (κ3) is 4.37. The molecular formula is C16H21FN4O4. The minimum atomic E-state index is -0.675. The van der Waals surface area contributed by atoms with Gasteiger partial charge in [0.25, 0.3) is 0 Å². The Labute approximate surface area is 144 Å². The number of carbonyl (C=O) groups excluding carboxylic acids is 2. The third-order valence-corrected chi connectivity index (χ3v) is 4.08. The molecule has 2 heterocycles. The number of morpholine rings is 2. The van der Waals surface area contributed by atoms with E-state index < -0.39 is 5.82 Å². The highest BCUT2D eigenvalue weighted by Gasteiger charge is 2.21. The molecule has 0 saturated carbocycles. The zero-order valence-electron chi connectivity index (χ0n) is 13.8. The van der Waals surface area contributed by atoms with Gasteiger partial charge in [-0.2, -0.15) is 0 Å². The minimum absolute atomic E-state index is 0.0243. The van der Waals surface area contributed by atoms with Gasteiger partial charge in [-0.3, -0.25) is 0 Å². The Kier molecular flexibility index (Phi) is 5.67. The second-order valence-electron chi connectivity index (χ2n) is 5.73. The van der Waals surface area contributed by atoms with Crippen molar-refractivity contribution in [1.29, 1.82) is 0 Å². The molecule has 0 radical (unpaired) electrons. The number of halogens is 1. The van der Waals surface area contributed by atoms with Gasteiger partial charge in [-0.1, -0.05) is 6.07 Å². The number of rotatable bonds is 2. The molecule has 136 valence electrons. The number of anilines is 2. The van der Waals surface area contributed by atoms with Crippen LogP contribution in [0.25, 0.3) is 0 Å². The number of carbonyl (C=O) groups is 2. The van der Waals surface area contributed by atoms with Gasteiger partial charge in [-0.25, -0.2) is 14.0 Å². The summed E-state index contributed by atoms with van der Waals surface area (Å²) in [5, 5.41) is 5.09. The molecule has 4 amide bonds. The van der Waals surface area contributed by atoms with Crippen molar-refractivity contribution >= 4 is 23.4 Å². The quantitative estimate of drug-likeness (QED) is 0.846. The molecule has 2 aliphatic rings. The molecule has 8 nitrogen and oxygen atoms in total. The Morgan fingerprint density at radius 2 is 1.24 bits per heavy atom. The second kappa shape index (κ2) is 8.13. The van der Waals surface area contributed by atoms with Crippen LogP contribution >= 0.6 is 0 Å². The topological polar surface area (TPSA) is 83.1 Å². The highest BCUT2D eigenvalue weighted by molar-refractivity contribution is 5.93. The van der Waals surface area contributed by atoms with Gasteiger partial charge in [0.1, 0.15) is 0 Å². The molecule has 0 spiro atoms. The molecule has 2 saturated heterocycles. The number of hydrogen-bond acceptors (Lipinski definition) is 4. The van der Waals surface area contributed by atoms with E-state index in [4.69, 9.17) is 9.47 Å². The Morgan fingerprint density at radius 3 is 1.64 bits per heavy atom. The van der Waals surface area contributed by atoms with Gasteiger partial charge in [0.15, 0.2) is 5.82 Å². The van der Waals surface area contributed by atoms with Crippen LogP contribution in [0, 0.1) is 5.82 Å². The van der Waals surface area contributed by atoms with Gasteiger partial charge in [-0.05, 0) is 12.1 Å². The number of ether oxygens (including phenoxy) is 2. The smallest absolute Gasteiger partial charge is 0.322 e. The van der Waals surface area contributed by atoms with Gasteiger partial charge < -0.3 is 29.9 Å². The summed E-state index contributed by atoms with van der Waals surface area (Å²) in [6.45, 7) is 3.69. The van der Waals surface area contributed by atoms with E-state index in [1.165, 1.54) is 12.1 Å². The molecule has 2 N–H and O–H groups in total. The molecular weight excluding hydrogens is 331 g/mol. The summed E-state index contributed by atoms with van der Waals surface area (Å²) in [7, 11) is 0. The van der Waals surface area contributed by atoms with Gasteiger partial charge in [0.05, 0.1) is 37.8 Å². The average Bonchev–Trinajstić information content (AvgIpc) is 2.66. The van der Waals surface area contributed by atoms with Crippen LogP contribution in [0.4, 0.5) is 25.4 Å². The normalized spacial score (nSPS) is 18.0. The number of urea groups is 2. The maximum Gasteiger partial charge on any atom is 0.322 e. The summed E-state index contributed by atoms with van der Waals surface area (Å²) in [6, 6.07) is 3.71. The minimum Gasteiger partial charge on any atom is -0.378 e. The summed E-state index contributed by atoms with van der Waals surface area (Å²) in [4.78, 5) is 27.5. The Morgan fingerprint density at radius 1 is 0.840 bits per heavy atom. The predicted octanol–water partition coefficient (Wildman–Crippen LogP) is 1.55. The molecule has 0 atom stereocenters. The lowest BCUT2D eigenvalue weighted by Crippen LogP contribution is -2.43. The zero-order chi connectivity index (χ0) is 17.6. The van der Waals surface area contributed by atoms with Crippen molar-refractivity contribution < 1.29 is 23.5 Å². The van der Waals surface area contributed by atoms with E-state index in [-0.39, 0.29) is 23.4 Å². The largest absolute Gasteiger partial charge is 0.378 e. The summed E-state index contributed by atoms with van der Waals surface area (Å²) in [6.07, 6.45) is 0. The van der Waals surface area contributed by atoms with Crippen LogP contribution in [0.2, 0.25) is 0 Å². The molecule has 0 bridgehead atoms. The summed E-state index contributed by atoms with van der Waals surface area (Å²) < 4.78 is 25.0. The first-order valence-electron chi connectivity index (χ1n) is 8.21. The molecule has 2 aliphatic heterocycles. The Hall–Kier alpha value is -2.39. The molecule has 0 aliphatic carbocycles. The standard InChI is InChI=1S/C16H21FN4O4/c17-14-12(18-15(22)20-4-8-24-9-5-20)2-1-3-13(14)19-16(23)21-6-10-25-11-7-21/h1-3H,4-11H2,(H,18,22)(H,19,23). The first-order valence-corrected chi connectivity index (χ1v) is 8.21. The van der Waals surface area contributed by atoms with Crippen LogP contribution < -0.4 is 10.6 Å². The number of hydrogen-bond donors (Lipinski definition) is 2. The fourth-order valence-electron chi connectivity index (χ4n) is 2.65. The van der Waals surface area contributed by atoms with Crippen molar-refractivity contribution in [2.75, 3.05) is 63.2 Å². The number of amides is 4. The highest BCUT2D eigenvalue weighted by Crippen LogP contribution is 2.23. The summed E-state index contributed by atoms with van der Waals surface area (Å²) >= 11 is 0. The molecule has 9 heteroatoms. The SMILES string of the molecule is O=C(Nc1cccc(NC(=O)N2CCOCC2)c1F)N1CCOCC1. The number of nitrogens with one attached hydrogen (secondary N) is 2. The van der Waals surface area contributed by atoms with E-state index in [9.17, 15) is 14.0 Å². The fourth-order valence-corrected chi connectivity index (χ4v) is 2.65. The molecule has 0 unspecified atom stereocenters. The van der Waals surface area contributed by atoms with Gasteiger partial charge in [0, 0.05) is 26.2 Å². The van der Waals surface area contributed by atoms with Crippen molar-refractivity contribution in [3.63, 3.8) is 0 Å². The van der Waals surface area contributed by atoms with Crippen molar-refractivity contribution in [2.45, 2.75) is 0 Å². The molecule has 1 aromatic carbocycles. The maximum absolute atomic E-state index is 14.6. The van der Waals surface area contributed by atoms with Gasteiger partial charge in [0.2, 0.25) is 0 Å². The first kappa shape index (κ1) is 17.4. The Bertz CT molecular complexity index is 580. The van der Waals surface area contributed by atoms with Crippen LogP contribution in [0.5, 0.6) is 0 Å². The second-order valence-corrected chi connectivity index (χ2v) is 5.73. The third-order valence-electron chi connectivity index (χ3n) is 4.08. The van der Waals surface area contributed by atoms with Gasteiger partial charge >= 0.3 is 12.1 Å². The highest BCUT2D eigenvalue weighted by atomic mass is 19.1. The lowest BCUT2D eigenvalue weighted by molar-refractivity contribution is 0.0564. The molecule has 25 heavy (non-hydrogen) atoms.